The number of nitrogens with zero attached hydrogens (tertiary/aromatic N) is 2. The number of aryl methyl sites for hydroxylation is 1. The molecular formula is C22H20N2O6S. The first-order chi connectivity index (χ1) is 14.8. The van der Waals surface area contributed by atoms with E-state index in [0.29, 0.717) is 0 Å². The average molecular weight is 440 g/mol. The van der Waals surface area contributed by atoms with Gasteiger partial charge in [0.15, 0.2) is 5.75 Å². The number of sulfonamides is 1. The normalized spacial score (nSPS) is 11.4. The smallest absolute Gasteiger partial charge is 0.315 e. The average Bonchev–Trinajstić information content (AvgIpc) is 2.77. The van der Waals surface area contributed by atoms with E-state index in [2.05, 4.69) is 4.40 Å². The molecule has 8 nitrogen and oxygen atoms in total. The minimum atomic E-state index is -3.94. The minimum absolute atomic E-state index is 0.0194. The SMILES string of the molecule is COc1cc(/C=N\S(=O)(=O)c2ccccc2)cc([N+](=O)[O-])c1OCc1ccccc1C. The Bertz CT molecular complexity index is 1220. The van der Waals surface area contributed by atoms with Crippen molar-refractivity contribution in [2.45, 2.75) is 18.4 Å². The molecule has 0 saturated heterocycles. The predicted molar refractivity (Wildman–Crippen MR) is 116 cm³/mol. The monoisotopic (exact) mass is 440 g/mol. The molecule has 0 aliphatic rings. The van der Waals surface area contributed by atoms with Gasteiger partial charge in [0, 0.05) is 17.8 Å². The van der Waals surface area contributed by atoms with Crippen molar-refractivity contribution in [2.24, 2.45) is 4.40 Å². The maximum atomic E-state index is 12.3. The van der Waals surface area contributed by atoms with Gasteiger partial charge >= 0.3 is 5.69 Å². The highest BCUT2D eigenvalue weighted by molar-refractivity contribution is 7.90. The Morgan fingerprint density at radius 1 is 1.06 bits per heavy atom. The lowest BCUT2D eigenvalue weighted by Gasteiger charge is -2.13. The molecule has 0 amide bonds. The van der Waals surface area contributed by atoms with Crippen LogP contribution in [0.2, 0.25) is 0 Å². The number of ether oxygens (including phenoxy) is 2. The molecule has 9 heteroatoms. The first-order valence-corrected chi connectivity index (χ1v) is 10.6. The van der Waals surface area contributed by atoms with Crippen LogP contribution in [-0.4, -0.2) is 26.7 Å². The maximum absolute atomic E-state index is 12.3. The minimum Gasteiger partial charge on any atom is -0.493 e. The molecule has 0 aliphatic carbocycles. The highest BCUT2D eigenvalue weighted by Crippen LogP contribution is 2.38. The second-order valence-electron chi connectivity index (χ2n) is 6.57. The summed E-state index contributed by atoms with van der Waals surface area (Å²) >= 11 is 0. The summed E-state index contributed by atoms with van der Waals surface area (Å²) in [5.74, 6) is 0.0557. The van der Waals surface area contributed by atoms with Gasteiger partial charge in [-0.1, -0.05) is 42.5 Å². The Labute approximate surface area is 180 Å². The summed E-state index contributed by atoms with van der Waals surface area (Å²) in [7, 11) is -2.60. The van der Waals surface area contributed by atoms with Crippen molar-refractivity contribution in [1.29, 1.82) is 0 Å². The van der Waals surface area contributed by atoms with E-state index in [1.54, 1.807) is 18.2 Å². The molecule has 31 heavy (non-hydrogen) atoms. The Kier molecular flexibility index (Phi) is 6.66. The number of rotatable bonds is 8. The van der Waals surface area contributed by atoms with E-state index in [1.807, 2.05) is 31.2 Å². The first kappa shape index (κ1) is 22.0. The van der Waals surface area contributed by atoms with Gasteiger partial charge in [-0.2, -0.15) is 12.8 Å². The molecule has 0 bridgehead atoms. The van der Waals surface area contributed by atoms with Gasteiger partial charge in [-0.05, 0) is 36.2 Å². The van der Waals surface area contributed by atoms with Crippen LogP contribution in [0.4, 0.5) is 5.69 Å². The van der Waals surface area contributed by atoms with E-state index in [1.165, 1.54) is 31.4 Å². The van der Waals surface area contributed by atoms with Crippen molar-refractivity contribution in [3.63, 3.8) is 0 Å². The van der Waals surface area contributed by atoms with Crippen LogP contribution >= 0.6 is 0 Å². The van der Waals surface area contributed by atoms with Gasteiger partial charge in [-0.15, -0.1) is 0 Å². The van der Waals surface area contributed by atoms with Crippen LogP contribution in [0.15, 0.2) is 76.0 Å². The van der Waals surface area contributed by atoms with Crippen molar-refractivity contribution < 1.29 is 22.8 Å². The fraction of sp³-hybridized carbons (Fsp3) is 0.136. The van der Waals surface area contributed by atoms with Gasteiger partial charge in [0.25, 0.3) is 10.0 Å². The van der Waals surface area contributed by atoms with Gasteiger partial charge in [-0.25, -0.2) is 0 Å². The number of hydrogen-bond acceptors (Lipinski definition) is 6. The van der Waals surface area contributed by atoms with Gasteiger partial charge in [0.1, 0.15) is 6.61 Å². The summed E-state index contributed by atoms with van der Waals surface area (Å²) in [5, 5.41) is 11.7. The second-order valence-corrected chi connectivity index (χ2v) is 8.20. The first-order valence-electron chi connectivity index (χ1n) is 9.21. The van der Waals surface area contributed by atoms with Crippen LogP contribution < -0.4 is 9.47 Å². The van der Waals surface area contributed by atoms with Gasteiger partial charge < -0.3 is 9.47 Å². The molecule has 0 aromatic heterocycles. The summed E-state index contributed by atoms with van der Waals surface area (Å²) in [6.45, 7) is 2.02. The molecule has 0 heterocycles. The molecule has 0 radical (unpaired) electrons. The fourth-order valence-electron chi connectivity index (χ4n) is 2.82. The van der Waals surface area contributed by atoms with Crippen LogP contribution in [-0.2, 0) is 16.6 Å². The van der Waals surface area contributed by atoms with Crippen molar-refractivity contribution >= 4 is 21.9 Å². The largest absolute Gasteiger partial charge is 0.493 e. The van der Waals surface area contributed by atoms with Crippen LogP contribution in [0.5, 0.6) is 11.5 Å². The fourth-order valence-corrected chi connectivity index (χ4v) is 3.70. The Morgan fingerprint density at radius 3 is 2.39 bits per heavy atom. The zero-order chi connectivity index (χ0) is 22.4. The third kappa shape index (κ3) is 5.26. The van der Waals surface area contributed by atoms with E-state index >= 15 is 0 Å². The molecule has 0 atom stereocenters. The summed E-state index contributed by atoms with van der Waals surface area (Å²) < 4.78 is 39.3. The molecular weight excluding hydrogens is 420 g/mol. The predicted octanol–water partition coefficient (Wildman–Crippen LogP) is 4.30. The van der Waals surface area contributed by atoms with Crippen molar-refractivity contribution in [1.82, 2.24) is 0 Å². The zero-order valence-corrected chi connectivity index (χ0v) is 17.7. The zero-order valence-electron chi connectivity index (χ0n) is 16.9. The molecule has 0 spiro atoms. The highest BCUT2D eigenvalue weighted by atomic mass is 32.2. The Morgan fingerprint density at radius 2 is 1.74 bits per heavy atom. The Balaban J connectivity index is 1.94. The van der Waals surface area contributed by atoms with E-state index in [9.17, 15) is 18.5 Å². The topological polar surface area (TPSA) is 108 Å². The third-order valence-corrected chi connectivity index (χ3v) is 5.74. The van der Waals surface area contributed by atoms with Gasteiger partial charge in [0.2, 0.25) is 5.75 Å². The van der Waals surface area contributed by atoms with Crippen molar-refractivity contribution in [3.05, 3.63) is 93.5 Å². The molecule has 160 valence electrons. The molecule has 0 aliphatic heterocycles. The van der Waals surface area contributed by atoms with E-state index in [0.717, 1.165) is 17.3 Å². The van der Waals surface area contributed by atoms with Crippen LogP contribution in [0.3, 0.4) is 0 Å². The van der Waals surface area contributed by atoms with E-state index < -0.39 is 14.9 Å². The summed E-state index contributed by atoms with van der Waals surface area (Å²) in [5.41, 5.74) is 1.69. The van der Waals surface area contributed by atoms with Crippen LogP contribution in [0, 0.1) is 17.0 Å². The molecule has 0 saturated carbocycles. The van der Waals surface area contributed by atoms with Gasteiger partial charge in [0.05, 0.1) is 16.9 Å². The van der Waals surface area contributed by atoms with E-state index in [4.69, 9.17) is 9.47 Å². The van der Waals surface area contributed by atoms with Crippen molar-refractivity contribution in [2.75, 3.05) is 7.11 Å². The molecule has 0 fully saturated rings. The lowest BCUT2D eigenvalue weighted by atomic mass is 10.1. The molecule has 3 aromatic carbocycles. The van der Waals surface area contributed by atoms with Crippen LogP contribution in [0.1, 0.15) is 16.7 Å². The van der Waals surface area contributed by atoms with Crippen molar-refractivity contribution in [3.8, 4) is 11.5 Å². The third-order valence-electron chi connectivity index (χ3n) is 4.49. The second kappa shape index (κ2) is 9.40. The summed E-state index contributed by atoms with van der Waals surface area (Å²) in [6, 6.07) is 17.8. The molecule has 3 rings (SSSR count). The molecule has 3 aromatic rings. The number of benzene rings is 3. The molecule has 0 unspecified atom stereocenters. The quantitative estimate of drug-likeness (QED) is 0.294. The number of hydrogen-bond donors (Lipinski definition) is 0. The van der Waals surface area contributed by atoms with E-state index in [-0.39, 0.29) is 34.3 Å². The standard InChI is InChI=1S/C22H20N2O6S/c1-16-8-6-7-9-18(16)15-30-22-20(24(25)26)12-17(13-21(22)29-2)14-23-31(27,28)19-10-4-3-5-11-19/h3-14H,15H2,1-2H3/b23-14-. The highest BCUT2D eigenvalue weighted by Gasteiger charge is 2.23. The van der Waals surface area contributed by atoms with Gasteiger partial charge in [-0.3, -0.25) is 10.1 Å². The number of nitro benzene ring substituents is 1. The molecule has 0 N–H and O–H groups in total. The number of methoxy groups -OCH3 is 1. The summed E-state index contributed by atoms with van der Waals surface area (Å²) in [4.78, 5) is 11.1. The lowest BCUT2D eigenvalue weighted by Crippen LogP contribution is -2.04. The maximum Gasteiger partial charge on any atom is 0.315 e. The Hall–Kier alpha value is -3.72. The summed E-state index contributed by atoms with van der Waals surface area (Å²) in [6.07, 6.45) is 1.04. The lowest BCUT2D eigenvalue weighted by molar-refractivity contribution is -0.386. The van der Waals surface area contributed by atoms with Crippen LogP contribution in [0.25, 0.3) is 0 Å². The number of nitro groups is 1.